The molecule has 1 heterocycles. The lowest BCUT2D eigenvalue weighted by molar-refractivity contribution is 0.0666. The third kappa shape index (κ3) is 3.63. The summed E-state index contributed by atoms with van der Waals surface area (Å²) in [6.07, 6.45) is 6.87. The minimum absolute atomic E-state index is 0.101. The largest absolute Gasteiger partial charge is 0.335 e. The molecule has 1 saturated carbocycles. The Morgan fingerprint density at radius 2 is 2.04 bits per heavy atom. The summed E-state index contributed by atoms with van der Waals surface area (Å²) in [5, 5.41) is 4.14. The Morgan fingerprint density at radius 1 is 1.35 bits per heavy atom. The van der Waals surface area contributed by atoms with E-state index < -0.39 is 0 Å². The number of rotatable bonds is 6. The van der Waals surface area contributed by atoms with Crippen LogP contribution >= 0.6 is 0 Å². The Morgan fingerprint density at radius 3 is 2.57 bits per heavy atom. The Balaban J connectivity index is 1.80. The van der Waals surface area contributed by atoms with Crippen molar-refractivity contribution in [3.05, 3.63) is 53.3 Å². The number of hydrogen-bond donors (Lipinski definition) is 0. The Kier molecular flexibility index (Phi) is 4.51. The molecule has 1 amide bonds. The van der Waals surface area contributed by atoms with Gasteiger partial charge in [0.15, 0.2) is 0 Å². The van der Waals surface area contributed by atoms with Crippen molar-refractivity contribution in [1.82, 2.24) is 14.7 Å². The number of likely N-dealkylation sites (N-methyl/N-ethyl adjacent to an activating group) is 1. The van der Waals surface area contributed by atoms with E-state index in [2.05, 4.69) is 43.2 Å². The summed E-state index contributed by atoms with van der Waals surface area (Å²) >= 11 is 0. The van der Waals surface area contributed by atoms with Crippen molar-refractivity contribution in [3.8, 4) is 0 Å². The van der Waals surface area contributed by atoms with E-state index in [4.69, 9.17) is 0 Å². The summed E-state index contributed by atoms with van der Waals surface area (Å²) in [5.74, 6) is 0.737. The highest BCUT2D eigenvalue weighted by molar-refractivity contribution is 5.94. The molecule has 1 fully saturated rings. The number of aromatic nitrogens is 2. The second-order valence-electron chi connectivity index (χ2n) is 6.59. The molecule has 0 N–H and O–H groups in total. The van der Waals surface area contributed by atoms with Crippen LogP contribution in [0.25, 0.3) is 0 Å². The van der Waals surface area contributed by atoms with E-state index in [1.807, 2.05) is 11.9 Å². The Labute approximate surface area is 138 Å². The normalized spacial score (nSPS) is 15.4. The molecule has 0 unspecified atom stereocenters. The van der Waals surface area contributed by atoms with Crippen LogP contribution in [0.2, 0.25) is 0 Å². The number of amides is 1. The van der Waals surface area contributed by atoms with E-state index >= 15 is 0 Å². The van der Waals surface area contributed by atoms with Gasteiger partial charge in [0.05, 0.1) is 11.8 Å². The van der Waals surface area contributed by atoms with E-state index in [0.717, 1.165) is 13.0 Å². The van der Waals surface area contributed by atoms with Gasteiger partial charge >= 0.3 is 0 Å². The first-order valence-corrected chi connectivity index (χ1v) is 8.43. The quantitative estimate of drug-likeness (QED) is 0.821. The van der Waals surface area contributed by atoms with Crippen molar-refractivity contribution in [3.63, 3.8) is 0 Å². The van der Waals surface area contributed by atoms with Crippen LogP contribution in [-0.2, 0) is 13.5 Å². The molecule has 0 aliphatic heterocycles. The second-order valence-corrected chi connectivity index (χ2v) is 6.59. The van der Waals surface area contributed by atoms with Gasteiger partial charge in [-0.15, -0.1) is 0 Å². The lowest BCUT2D eigenvalue weighted by Gasteiger charge is -2.31. The third-order valence-corrected chi connectivity index (χ3v) is 4.69. The molecular formula is C19H25N3O. The van der Waals surface area contributed by atoms with Gasteiger partial charge in [-0.3, -0.25) is 9.48 Å². The van der Waals surface area contributed by atoms with Crippen LogP contribution in [0.1, 0.15) is 41.3 Å². The average Bonchev–Trinajstić information content (AvgIpc) is 3.30. The number of aryl methyl sites for hydroxylation is 2. The van der Waals surface area contributed by atoms with E-state index in [1.165, 1.54) is 24.0 Å². The van der Waals surface area contributed by atoms with Gasteiger partial charge in [-0.25, -0.2) is 0 Å². The fourth-order valence-electron chi connectivity index (χ4n) is 3.20. The van der Waals surface area contributed by atoms with Crippen LogP contribution in [0.3, 0.4) is 0 Å². The molecule has 1 aliphatic rings. The molecule has 23 heavy (non-hydrogen) atoms. The lowest BCUT2D eigenvalue weighted by atomic mass is 9.99. The average molecular weight is 311 g/mol. The molecule has 4 nitrogen and oxygen atoms in total. The zero-order valence-electron chi connectivity index (χ0n) is 14.2. The zero-order valence-corrected chi connectivity index (χ0v) is 14.2. The van der Waals surface area contributed by atoms with Crippen molar-refractivity contribution in [2.75, 3.05) is 6.54 Å². The maximum Gasteiger partial charge on any atom is 0.257 e. The first kappa shape index (κ1) is 15.8. The van der Waals surface area contributed by atoms with Crippen molar-refractivity contribution in [1.29, 1.82) is 0 Å². The number of benzene rings is 1. The van der Waals surface area contributed by atoms with E-state index in [0.29, 0.717) is 11.5 Å². The van der Waals surface area contributed by atoms with Crippen molar-refractivity contribution in [2.45, 2.75) is 39.2 Å². The van der Waals surface area contributed by atoms with Crippen LogP contribution < -0.4 is 0 Å². The van der Waals surface area contributed by atoms with E-state index in [-0.39, 0.29) is 11.9 Å². The predicted molar refractivity (Wildman–Crippen MR) is 91.3 cm³/mol. The number of carbonyl (C=O) groups is 1. The van der Waals surface area contributed by atoms with Crippen LogP contribution in [0.4, 0.5) is 0 Å². The highest BCUT2D eigenvalue weighted by Gasteiger charge is 2.37. The third-order valence-electron chi connectivity index (χ3n) is 4.69. The number of carbonyl (C=O) groups excluding carboxylic acids is 1. The number of hydrogen-bond acceptors (Lipinski definition) is 2. The highest BCUT2D eigenvalue weighted by atomic mass is 16.2. The second kappa shape index (κ2) is 6.57. The molecule has 4 heteroatoms. The van der Waals surface area contributed by atoms with Crippen LogP contribution in [-0.4, -0.2) is 33.2 Å². The number of nitrogens with zero attached hydrogens (tertiary/aromatic N) is 3. The van der Waals surface area contributed by atoms with Crippen LogP contribution in [0, 0.1) is 12.8 Å². The molecule has 122 valence electrons. The predicted octanol–water partition coefficient (Wildman–Crippen LogP) is 3.21. The van der Waals surface area contributed by atoms with Crippen molar-refractivity contribution >= 4 is 5.91 Å². The summed E-state index contributed by atoms with van der Waals surface area (Å²) in [5.41, 5.74) is 3.27. The van der Waals surface area contributed by atoms with Gasteiger partial charge in [0.2, 0.25) is 0 Å². The Bertz CT molecular complexity index is 670. The summed E-state index contributed by atoms with van der Waals surface area (Å²) < 4.78 is 1.69. The molecule has 0 radical (unpaired) electrons. The molecule has 2 aromatic rings. The van der Waals surface area contributed by atoms with Gasteiger partial charge in [0.1, 0.15) is 0 Å². The standard InChI is InChI=1S/C19H25N3O/c1-4-22(19(23)17-12-20-21(3)13-17)18(16-9-10-16)11-15-7-5-14(2)6-8-15/h5-8,12-13,16,18H,4,9-11H2,1-3H3/t18-/m0/s1. The Hall–Kier alpha value is -2.10. The van der Waals surface area contributed by atoms with Gasteiger partial charge in [-0.05, 0) is 44.6 Å². The van der Waals surface area contributed by atoms with Crippen LogP contribution in [0.5, 0.6) is 0 Å². The minimum Gasteiger partial charge on any atom is -0.335 e. The van der Waals surface area contributed by atoms with Crippen molar-refractivity contribution in [2.24, 2.45) is 13.0 Å². The molecule has 3 rings (SSSR count). The summed E-state index contributed by atoms with van der Waals surface area (Å²) in [6, 6.07) is 8.97. The molecule has 1 atom stereocenters. The fourth-order valence-corrected chi connectivity index (χ4v) is 3.20. The minimum atomic E-state index is 0.101. The summed E-state index contributed by atoms with van der Waals surface area (Å²) in [7, 11) is 1.84. The van der Waals surface area contributed by atoms with Crippen LogP contribution in [0.15, 0.2) is 36.7 Å². The van der Waals surface area contributed by atoms with Crippen molar-refractivity contribution < 1.29 is 4.79 Å². The maximum atomic E-state index is 12.9. The molecule has 0 bridgehead atoms. The molecule has 1 aromatic carbocycles. The van der Waals surface area contributed by atoms with Gasteiger partial charge in [0.25, 0.3) is 5.91 Å². The van der Waals surface area contributed by atoms with Gasteiger partial charge in [-0.2, -0.15) is 5.10 Å². The first-order valence-electron chi connectivity index (χ1n) is 8.43. The summed E-state index contributed by atoms with van der Waals surface area (Å²) in [4.78, 5) is 14.9. The van der Waals surface area contributed by atoms with E-state index in [1.54, 1.807) is 17.1 Å². The lowest BCUT2D eigenvalue weighted by Crippen LogP contribution is -2.42. The maximum absolute atomic E-state index is 12.9. The molecule has 1 aromatic heterocycles. The highest BCUT2D eigenvalue weighted by Crippen LogP contribution is 2.37. The van der Waals surface area contributed by atoms with Gasteiger partial charge in [-0.1, -0.05) is 29.8 Å². The topological polar surface area (TPSA) is 38.1 Å². The zero-order chi connectivity index (χ0) is 16.4. The van der Waals surface area contributed by atoms with Gasteiger partial charge < -0.3 is 4.90 Å². The smallest absolute Gasteiger partial charge is 0.257 e. The molecule has 0 saturated heterocycles. The molecule has 0 spiro atoms. The first-order chi connectivity index (χ1) is 11.1. The van der Waals surface area contributed by atoms with E-state index in [9.17, 15) is 4.79 Å². The monoisotopic (exact) mass is 311 g/mol. The van der Waals surface area contributed by atoms with Gasteiger partial charge in [0, 0.05) is 25.8 Å². The summed E-state index contributed by atoms with van der Waals surface area (Å²) in [6.45, 7) is 4.91. The fraction of sp³-hybridized carbons (Fsp3) is 0.474. The molecular weight excluding hydrogens is 286 g/mol. The SMILES string of the molecule is CCN(C(=O)c1cnn(C)c1)[C@@H](Cc1ccc(C)cc1)C1CC1. The molecule has 1 aliphatic carbocycles.